The third-order valence-electron chi connectivity index (χ3n) is 4.65. The van der Waals surface area contributed by atoms with Crippen molar-refractivity contribution < 1.29 is 14.3 Å². The number of rotatable bonds is 2. The van der Waals surface area contributed by atoms with Crippen LogP contribution < -0.4 is 4.90 Å². The van der Waals surface area contributed by atoms with Gasteiger partial charge < -0.3 is 14.5 Å². The van der Waals surface area contributed by atoms with Crippen LogP contribution in [0, 0.1) is 0 Å². The predicted octanol–water partition coefficient (Wildman–Crippen LogP) is 1.34. The molecule has 0 atom stereocenters. The fourth-order valence-electron chi connectivity index (χ4n) is 3.23. The molecule has 0 aliphatic carbocycles. The van der Waals surface area contributed by atoms with Gasteiger partial charge in [0.25, 0.3) is 0 Å². The third-order valence-corrected chi connectivity index (χ3v) is 4.65. The number of hydrogen-bond acceptors (Lipinski definition) is 3. The van der Waals surface area contributed by atoms with Gasteiger partial charge in [-0.1, -0.05) is 12.1 Å². The topological polar surface area (TPSA) is 49.9 Å². The molecule has 1 saturated heterocycles. The number of amides is 2. The molecular formula is C17H22N2O3. The van der Waals surface area contributed by atoms with Gasteiger partial charge in [-0.25, -0.2) is 0 Å². The van der Waals surface area contributed by atoms with Gasteiger partial charge in [-0.05, 0) is 31.0 Å². The van der Waals surface area contributed by atoms with Crippen molar-refractivity contribution in [3.05, 3.63) is 29.3 Å². The molecule has 0 N–H and O–H groups in total. The number of benzene rings is 1. The minimum Gasteiger partial charge on any atom is -0.378 e. The van der Waals surface area contributed by atoms with Crippen LogP contribution in [0.25, 0.3) is 0 Å². The number of hydrogen-bond donors (Lipinski definition) is 0. The van der Waals surface area contributed by atoms with Gasteiger partial charge in [-0.15, -0.1) is 0 Å². The summed E-state index contributed by atoms with van der Waals surface area (Å²) >= 11 is 0. The summed E-state index contributed by atoms with van der Waals surface area (Å²) in [5.74, 6) is 0.220. The van der Waals surface area contributed by atoms with E-state index in [1.165, 1.54) is 0 Å². The standard InChI is InChI=1S/C17H22N2O3/c1-17(2)13-10-12(4-5-14(13)18(3)16(17)21)11-15(20)19-6-8-22-9-7-19/h4-5,10H,6-9,11H2,1-3H3. The number of anilines is 1. The summed E-state index contributed by atoms with van der Waals surface area (Å²) < 4.78 is 5.27. The van der Waals surface area contributed by atoms with Gasteiger partial charge in [0.15, 0.2) is 0 Å². The molecule has 2 aliphatic heterocycles. The van der Waals surface area contributed by atoms with Crippen LogP contribution in [0.3, 0.4) is 0 Å². The molecule has 1 aromatic rings. The molecule has 2 aliphatic rings. The Balaban J connectivity index is 1.81. The van der Waals surface area contributed by atoms with E-state index in [4.69, 9.17) is 4.74 Å². The van der Waals surface area contributed by atoms with Crippen LogP contribution >= 0.6 is 0 Å². The fourth-order valence-corrected chi connectivity index (χ4v) is 3.23. The van der Waals surface area contributed by atoms with Gasteiger partial charge in [0, 0.05) is 25.8 Å². The van der Waals surface area contributed by atoms with E-state index in [1.807, 2.05) is 36.9 Å². The van der Waals surface area contributed by atoms with E-state index in [2.05, 4.69) is 0 Å². The van der Waals surface area contributed by atoms with E-state index in [0.717, 1.165) is 16.8 Å². The molecular weight excluding hydrogens is 280 g/mol. The van der Waals surface area contributed by atoms with Crippen LogP contribution in [0.2, 0.25) is 0 Å². The normalized spacial score (nSPS) is 20.2. The summed E-state index contributed by atoms with van der Waals surface area (Å²) in [7, 11) is 1.80. The molecule has 0 aromatic heterocycles. The largest absolute Gasteiger partial charge is 0.378 e. The second kappa shape index (κ2) is 5.39. The number of likely N-dealkylation sites (N-methyl/N-ethyl adjacent to an activating group) is 1. The molecule has 22 heavy (non-hydrogen) atoms. The Morgan fingerprint density at radius 2 is 1.95 bits per heavy atom. The van der Waals surface area contributed by atoms with E-state index < -0.39 is 5.41 Å². The van der Waals surface area contributed by atoms with Crippen LogP contribution in [-0.2, 0) is 26.2 Å². The highest BCUT2D eigenvalue weighted by Gasteiger charge is 2.42. The minimum atomic E-state index is -0.526. The van der Waals surface area contributed by atoms with E-state index in [9.17, 15) is 9.59 Å². The smallest absolute Gasteiger partial charge is 0.236 e. The molecule has 3 rings (SSSR count). The number of nitrogens with zero attached hydrogens (tertiary/aromatic N) is 2. The number of morpholine rings is 1. The van der Waals surface area contributed by atoms with E-state index >= 15 is 0 Å². The average Bonchev–Trinajstić information content (AvgIpc) is 2.69. The van der Waals surface area contributed by atoms with Crippen molar-refractivity contribution in [1.29, 1.82) is 0 Å². The second-order valence-electron chi connectivity index (χ2n) is 6.51. The maximum atomic E-state index is 12.4. The maximum absolute atomic E-state index is 12.4. The lowest BCUT2D eigenvalue weighted by molar-refractivity contribution is -0.134. The SMILES string of the molecule is CN1C(=O)C(C)(C)c2cc(CC(=O)N3CCOCC3)ccc21. The number of carbonyl (C=O) groups is 2. The quantitative estimate of drug-likeness (QED) is 0.828. The molecule has 2 heterocycles. The van der Waals surface area contributed by atoms with Gasteiger partial charge in [0.2, 0.25) is 11.8 Å². The van der Waals surface area contributed by atoms with Crippen LogP contribution in [0.4, 0.5) is 5.69 Å². The zero-order valence-corrected chi connectivity index (χ0v) is 13.4. The summed E-state index contributed by atoms with van der Waals surface area (Å²) in [4.78, 5) is 28.2. The molecule has 2 amide bonds. The number of carbonyl (C=O) groups excluding carboxylic acids is 2. The van der Waals surface area contributed by atoms with E-state index in [0.29, 0.717) is 32.7 Å². The zero-order chi connectivity index (χ0) is 15.9. The molecule has 0 saturated carbocycles. The van der Waals surface area contributed by atoms with Gasteiger partial charge in [-0.2, -0.15) is 0 Å². The van der Waals surface area contributed by atoms with Crippen LogP contribution in [0.1, 0.15) is 25.0 Å². The second-order valence-corrected chi connectivity index (χ2v) is 6.51. The van der Waals surface area contributed by atoms with Crippen molar-refractivity contribution in [3.63, 3.8) is 0 Å². The van der Waals surface area contributed by atoms with Gasteiger partial charge in [-0.3, -0.25) is 9.59 Å². The zero-order valence-electron chi connectivity index (χ0n) is 13.4. The summed E-state index contributed by atoms with van der Waals surface area (Å²) in [6.07, 6.45) is 0.376. The molecule has 0 spiro atoms. The summed E-state index contributed by atoms with van der Waals surface area (Å²) in [6, 6.07) is 5.90. The van der Waals surface area contributed by atoms with Crippen molar-refractivity contribution in [2.75, 3.05) is 38.3 Å². The lowest BCUT2D eigenvalue weighted by Crippen LogP contribution is -2.41. The molecule has 118 valence electrons. The first-order chi connectivity index (χ1) is 10.4. The van der Waals surface area contributed by atoms with Gasteiger partial charge >= 0.3 is 0 Å². The van der Waals surface area contributed by atoms with Crippen molar-refractivity contribution in [1.82, 2.24) is 4.90 Å². The van der Waals surface area contributed by atoms with Gasteiger partial charge in [0.1, 0.15) is 0 Å². The third kappa shape index (κ3) is 2.39. The lowest BCUT2D eigenvalue weighted by Gasteiger charge is -2.27. The predicted molar refractivity (Wildman–Crippen MR) is 84.0 cm³/mol. The maximum Gasteiger partial charge on any atom is 0.236 e. The highest BCUT2D eigenvalue weighted by molar-refractivity contribution is 6.07. The molecule has 0 radical (unpaired) electrons. The highest BCUT2D eigenvalue weighted by atomic mass is 16.5. The lowest BCUT2D eigenvalue weighted by atomic mass is 9.85. The van der Waals surface area contributed by atoms with Crippen molar-refractivity contribution in [2.45, 2.75) is 25.7 Å². The molecule has 5 heteroatoms. The average molecular weight is 302 g/mol. The monoisotopic (exact) mass is 302 g/mol. The summed E-state index contributed by atoms with van der Waals surface area (Å²) in [6.45, 7) is 6.42. The molecule has 1 fully saturated rings. The molecule has 1 aromatic carbocycles. The summed E-state index contributed by atoms with van der Waals surface area (Å²) in [5.41, 5.74) is 2.39. The number of fused-ring (bicyclic) bond motifs is 1. The Morgan fingerprint density at radius 3 is 2.64 bits per heavy atom. The first-order valence-electron chi connectivity index (χ1n) is 7.68. The Morgan fingerprint density at radius 1 is 1.27 bits per heavy atom. The fraction of sp³-hybridized carbons (Fsp3) is 0.529. The van der Waals surface area contributed by atoms with E-state index in [1.54, 1.807) is 11.9 Å². The Labute approximate surface area is 130 Å². The van der Waals surface area contributed by atoms with E-state index in [-0.39, 0.29) is 11.8 Å². The first kappa shape index (κ1) is 15.0. The van der Waals surface area contributed by atoms with Gasteiger partial charge in [0.05, 0.1) is 25.0 Å². The van der Waals surface area contributed by atoms with Crippen LogP contribution in [0.15, 0.2) is 18.2 Å². The minimum absolute atomic E-state index is 0.0964. The Kier molecular flexibility index (Phi) is 3.68. The Bertz CT molecular complexity index is 618. The molecule has 0 bridgehead atoms. The van der Waals surface area contributed by atoms with Crippen molar-refractivity contribution >= 4 is 17.5 Å². The Hall–Kier alpha value is -1.88. The highest BCUT2D eigenvalue weighted by Crippen LogP contribution is 2.41. The number of ether oxygens (including phenoxy) is 1. The molecule has 0 unspecified atom stereocenters. The molecule has 5 nitrogen and oxygen atoms in total. The van der Waals surface area contributed by atoms with Crippen molar-refractivity contribution in [2.24, 2.45) is 0 Å². The van der Waals surface area contributed by atoms with Crippen LogP contribution in [-0.4, -0.2) is 50.1 Å². The van der Waals surface area contributed by atoms with Crippen molar-refractivity contribution in [3.8, 4) is 0 Å². The summed E-state index contributed by atoms with van der Waals surface area (Å²) in [5, 5.41) is 0. The first-order valence-corrected chi connectivity index (χ1v) is 7.68. The van der Waals surface area contributed by atoms with Crippen LogP contribution in [0.5, 0.6) is 0 Å².